The Kier molecular flexibility index (Phi) is 9.75. The normalized spacial score (nSPS) is 11.3. The van der Waals surface area contributed by atoms with Crippen molar-refractivity contribution in [2.45, 2.75) is 45.4 Å². The fourth-order valence-corrected chi connectivity index (χ4v) is 2.01. The SMILES string of the molecule is CCCCCCOC(=O)NC/C(F)=C\CCc1ccccc1. The zero-order valence-corrected chi connectivity index (χ0v) is 13.3. The van der Waals surface area contributed by atoms with Gasteiger partial charge in [0.25, 0.3) is 0 Å². The van der Waals surface area contributed by atoms with E-state index >= 15 is 0 Å². The van der Waals surface area contributed by atoms with Crippen molar-refractivity contribution in [3.8, 4) is 0 Å². The summed E-state index contributed by atoms with van der Waals surface area (Å²) in [4.78, 5) is 11.3. The van der Waals surface area contributed by atoms with Gasteiger partial charge in [0, 0.05) is 0 Å². The van der Waals surface area contributed by atoms with Gasteiger partial charge in [-0.05, 0) is 24.8 Å². The van der Waals surface area contributed by atoms with Gasteiger partial charge in [0.15, 0.2) is 0 Å². The second-order valence-corrected chi connectivity index (χ2v) is 5.23. The molecule has 122 valence electrons. The van der Waals surface area contributed by atoms with E-state index in [1.807, 2.05) is 30.3 Å². The molecule has 4 heteroatoms. The molecule has 0 atom stereocenters. The first kappa shape index (κ1) is 18.2. The summed E-state index contributed by atoms with van der Waals surface area (Å²) in [7, 11) is 0. The van der Waals surface area contributed by atoms with Crippen molar-refractivity contribution in [3.63, 3.8) is 0 Å². The Morgan fingerprint density at radius 1 is 1.23 bits per heavy atom. The number of hydrogen-bond donors (Lipinski definition) is 1. The monoisotopic (exact) mass is 307 g/mol. The van der Waals surface area contributed by atoms with Crippen molar-refractivity contribution in [1.29, 1.82) is 0 Å². The Morgan fingerprint density at radius 2 is 2.00 bits per heavy atom. The van der Waals surface area contributed by atoms with Gasteiger partial charge in [-0.1, -0.05) is 62.6 Å². The van der Waals surface area contributed by atoms with Gasteiger partial charge >= 0.3 is 6.09 Å². The van der Waals surface area contributed by atoms with Crippen LogP contribution in [0.4, 0.5) is 9.18 Å². The van der Waals surface area contributed by atoms with Crippen molar-refractivity contribution in [2.75, 3.05) is 13.2 Å². The van der Waals surface area contributed by atoms with E-state index in [0.717, 1.165) is 32.1 Å². The zero-order chi connectivity index (χ0) is 16.0. The molecule has 0 saturated heterocycles. The van der Waals surface area contributed by atoms with E-state index in [-0.39, 0.29) is 12.4 Å². The summed E-state index contributed by atoms with van der Waals surface area (Å²) in [5.74, 6) is -0.334. The number of ether oxygens (including phenoxy) is 1. The molecule has 0 radical (unpaired) electrons. The maximum Gasteiger partial charge on any atom is 0.407 e. The molecule has 0 heterocycles. The first-order valence-corrected chi connectivity index (χ1v) is 8.01. The molecule has 1 rings (SSSR count). The number of carbonyl (C=O) groups is 1. The Hall–Kier alpha value is -1.84. The fraction of sp³-hybridized carbons (Fsp3) is 0.500. The van der Waals surface area contributed by atoms with E-state index in [0.29, 0.717) is 13.0 Å². The molecule has 0 fully saturated rings. The van der Waals surface area contributed by atoms with Crippen molar-refractivity contribution >= 4 is 6.09 Å². The van der Waals surface area contributed by atoms with Gasteiger partial charge < -0.3 is 10.1 Å². The number of halogens is 1. The minimum absolute atomic E-state index is 0.109. The number of benzene rings is 1. The lowest BCUT2D eigenvalue weighted by molar-refractivity contribution is 0.144. The molecule has 1 aromatic rings. The summed E-state index contributed by atoms with van der Waals surface area (Å²) in [6.07, 6.45) is 6.56. The molecular weight excluding hydrogens is 281 g/mol. The highest BCUT2D eigenvalue weighted by molar-refractivity contribution is 5.67. The number of hydrogen-bond acceptors (Lipinski definition) is 2. The van der Waals surface area contributed by atoms with Crippen LogP contribution >= 0.6 is 0 Å². The van der Waals surface area contributed by atoms with Crippen LogP contribution in [0.2, 0.25) is 0 Å². The predicted octanol–water partition coefficient (Wildman–Crippen LogP) is 4.78. The Labute approximate surface area is 132 Å². The molecule has 0 aliphatic carbocycles. The summed E-state index contributed by atoms with van der Waals surface area (Å²) in [6, 6.07) is 9.92. The lowest BCUT2D eigenvalue weighted by Crippen LogP contribution is -2.26. The molecule has 0 bridgehead atoms. The number of alkyl carbamates (subject to hydrolysis) is 1. The Balaban J connectivity index is 2.09. The number of carbonyl (C=O) groups excluding carboxylic acids is 1. The maximum atomic E-state index is 13.5. The highest BCUT2D eigenvalue weighted by atomic mass is 19.1. The molecule has 0 aliphatic rings. The smallest absolute Gasteiger partial charge is 0.407 e. The first-order valence-electron chi connectivity index (χ1n) is 8.01. The van der Waals surface area contributed by atoms with Gasteiger partial charge in [0.2, 0.25) is 0 Å². The number of amides is 1. The summed E-state index contributed by atoms with van der Waals surface area (Å²) < 4.78 is 18.5. The maximum absolute atomic E-state index is 13.5. The molecule has 0 aromatic heterocycles. The quantitative estimate of drug-likeness (QED) is 0.632. The van der Waals surface area contributed by atoms with Gasteiger partial charge in [0.1, 0.15) is 5.83 Å². The van der Waals surface area contributed by atoms with Gasteiger partial charge in [-0.3, -0.25) is 0 Å². The second-order valence-electron chi connectivity index (χ2n) is 5.23. The fourth-order valence-electron chi connectivity index (χ4n) is 2.01. The summed E-state index contributed by atoms with van der Waals surface area (Å²) in [6.45, 7) is 2.41. The van der Waals surface area contributed by atoms with Gasteiger partial charge in [-0.25, -0.2) is 9.18 Å². The number of unbranched alkanes of at least 4 members (excludes halogenated alkanes) is 3. The molecule has 22 heavy (non-hydrogen) atoms. The lowest BCUT2D eigenvalue weighted by Gasteiger charge is -2.06. The molecule has 1 aromatic carbocycles. The molecule has 3 nitrogen and oxygen atoms in total. The highest BCUT2D eigenvalue weighted by Gasteiger charge is 2.03. The highest BCUT2D eigenvalue weighted by Crippen LogP contribution is 2.05. The van der Waals surface area contributed by atoms with Crippen LogP contribution < -0.4 is 5.32 Å². The molecule has 0 unspecified atom stereocenters. The van der Waals surface area contributed by atoms with Crippen LogP contribution in [0.5, 0.6) is 0 Å². The van der Waals surface area contributed by atoms with Crippen LogP contribution in [-0.2, 0) is 11.2 Å². The van der Waals surface area contributed by atoms with E-state index in [4.69, 9.17) is 4.74 Å². The molecule has 0 saturated carbocycles. The van der Waals surface area contributed by atoms with Gasteiger partial charge in [-0.2, -0.15) is 0 Å². The minimum atomic E-state index is -0.553. The van der Waals surface area contributed by atoms with Crippen LogP contribution in [0.3, 0.4) is 0 Å². The largest absolute Gasteiger partial charge is 0.450 e. The van der Waals surface area contributed by atoms with E-state index in [2.05, 4.69) is 12.2 Å². The molecular formula is C18H26FNO2. The summed E-state index contributed by atoms with van der Waals surface area (Å²) >= 11 is 0. The Morgan fingerprint density at radius 3 is 2.73 bits per heavy atom. The standard InChI is InChI=1S/C18H26FNO2/c1-2-3-4-8-14-22-18(21)20-15-17(19)13-9-12-16-10-6-5-7-11-16/h5-7,10-11,13H,2-4,8-9,12,14-15H2,1H3,(H,20,21)/b17-13+. The van der Waals surface area contributed by atoms with Crippen LogP contribution in [0, 0.1) is 0 Å². The van der Waals surface area contributed by atoms with Crippen LogP contribution in [0.1, 0.15) is 44.6 Å². The summed E-state index contributed by atoms with van der Waals surface area (Å²) in [5, 5.41) is 2.42. The first-order chi connectivity index (χ1) is 10.7. The van der Waals surface area contributed by atoms with Crippen LogP contribution in [-0.4, -0.2) is 19.2 Å². The second kappa shape index (κ2) is 11.8. The van der Waals surface area contributed by atoms with Crippen molar-refractivity contribution in [3.05, 3.63) is 47.8 Å². The summed E-state index contributed by atoms with van der Waals surface area (Å²) in [5.41, 5.74) is 1.17. The predicted molar refractivity (Wildman–Crippen MR) is 87.4 cm³/mol. The number of rotatable bonds is 10. The molecule has 1 N–H and O–H groups in total. The van der Waals surface area contributed by atoms with E-state index in [9.17, 15) is 9.18 Å². The van der Waals surface area contributed by atoms with Crippen LogP contribution in [0.15, 0.2) is 42.2 Å². The van der Waals surface area contributed by atoms with E-state index in [1.165, 1.54) is 11.6 Å². The van der Waals surface area contributed by atoms with E-state index in [1.54, 1.807) is 0 Å². The third-order valence-corrected chi connectivity index (χ3v) is 3.27. The molecule has 1 amide bonds. The third-order valence-electron chi connectivity index (χ3n) is 3.27. The van der Waals surface area contributed by atoms with Gasteiger partial charge in [-0.15, -0.1) is 0 Å². The van der Waals surface area contributed by atoms with Crippen molar-refractivity contribution in [1.82, 2.24) is 5.32 Å². The Bertz CT molecular complexity index is 446. The van der Waals surface area contributed by atoms with Crippen molar-refractivity contribution in [2.24, 2.45) is 0 Å². The third kappa shape index (κ3) is 9.16. The number of allylic oxidation sites excluding steroid dienone is 1. The average molecular weight is 307 g/mol. The molecule has 0 spiro atoms. The lowest BCUT2D eigenvalue weighted by atomic mass is 10.1. The average Bonchev–Trinajstić information content (AvgIpc) is 2.54. The number of nitrogens with one attached hydrogen (secondary N) is 1. The number of aryl methyl sites for hydroxylation is 1. The topological polar surface area (TPSA) is 38.3 Å². The molecule has 0 aliphatic heterocycles. The van der Waals surface area contributed by atoms with Crippen molar-refractivity contribution < 1.29 is 13.9 Å². The van der Waals surface area contributed by atoms with Gasteiger partial charge in [0.05, 0.1) is 13.2 Å². The van der Waals surface area contributed by atoms with E-state index < -0.39 is 6.09 Å². The zero-order valence-electron chi connectivity index (χ0n) is 13.3. The van der Waals surface area contributed by atoms with Crippen LogP contribution in [0.25, 0.3) is 0 Å². The minimum Gasteiger partial charge on any atom is -0.450 e.